The first-order valence-electron chi connectivity index (χ1n) is 6.91. The molecule has 3 heteroatoms. The molecule has 1 aliphatic carbocycles. The van der Waals surface area contributed by atoms with Crippen molar-refractivity contribution in [2.75, 3.05) is 20.1 Å². The van der Waals surface area contributed by atoms with E-state index in [1.807, 2.05) is 0 Å². The number of likely N-dealkylation sites (tertiary alicyclic amines) is 1. The van der Waals surface area contributed by atoms with E-state index < -0.39 is 0 Å². The highest BCUT2D eigenvalue weighted by Gasteiger charge is 2.32. The highest BCUT2D eigenvalue weighted by molar-refractivity contribution is 9.10. The molecule has 1 N–H and O–H groups in total. The van der Waals surface area contributed by atoms with Crippen LogP contribution in [0.25, 0.3) is 0 Å². The van der Waals surface area contributed by atoms with E-state index in [2.05, 4.69) is 57.5 Å². The van der Waals surface area contributed by atoms with Crippen LogP contribution in [0.3, 0.4) is 0 Å². The van der Waals surface area contributed by atoms with Crippen molar-refractivity contribution in [3.05, 3.63) is 34.3 Å². The van der Waals surface area contributed by atoms with Gasteiger partial charge in [0.25, 0.3) is 0 Å². The molecule has 3 rings (SSSR count). The van der Waals surface area contributed by atoms with Crippen molar-refractivity contribution in [3.8, 4) is 0 Å². The maximum Gasteiger partial charge on any atom is 0.0209 e. The molecule has 18 heavy (non-hydrogen) atoms. The van der Waals surface area contributed by atoms with Crippen LogP contribution in [0.4, 0.5) is 0 Å². The summed E-state index contributed by atoms with van der Waals surface area (Å²) in [5.74, 6) is 0.763. The highest BCUT2D eigenvalue weighted by atomic mass is 79.9. The first-order chi connectivity index (χ1) is 8.70. The Bertz CT molecular complexity index is 415. The second-order valence-corrected chi connectivity index (χ2v) is 6.75. The van der Waals surface area contributed by atoms with Crippen molar-refractivity contribution >= 4 is 15.9 Å². The zero-order valence-electron chi connectivity index (χ0n) is 10.9. The van der Waals surface area contributed by atoms with Crippen LogP contribution in [-0.2, 0) is 0 Å². The van der Waals surface area contributed by atoms with Crippen molar-refractivity contribution in [1.82, 2.24) is 10.2 Å². The summed E-state index contributed by atoms with van der Waals surface area (Å²) in [6, 6.07) is 10.2. The Labute approximate surface area is 118 Å². The van der Waals surface area contributed by atoms with Gasteiger partial charge in [0, 0.05) is 23.1 Å². The second kappa shape index (κ2) is 5.32. The molecular weight excluding hydrogens is 288 g/mol. The Morgan fingerprint density at radius 3 is 2.78 bits per heavy atom. The molecule has 1 saturated heterocycles. The zero-order valence-corrected chi connectivity index (χ0v) is 12.5. The number of likely N-dealkylation sites (N-methyl/N-ethyl adjacent to an activating group) is 1. The number of benzene rings is 1. The van der Waals surface area contributed by atoms with Crippen LogP contribution in [0, 0.1) is 0 Å². The first kappa shape index (κ1) is 12.6. The summed E-state index contributed by atoms with van der Waals surface area (Å²) in [6.45, 7) is 2.47. The van der Waals surface area contributed by atoms with Crippen LogP contribution >= 0.6 is 15.9 Å². The van der Waals surface area contributed by atoms with Gasteiger partial charge in [-0.1, -0.05) is 28.1 Å². The lowest BCUT2D eigenvalue weighted by Crippen LogP contribution is -2.46. The summed E-state index contributed by atoms with van der Waals surface area (Å²) < 4.78 is 1.20. The fourth-order valence-electron chi connectivity index (χ4n) is 3.19. The minimum absolute atomic E-state index is 0.725. The Morgan fingerprint density at radius 2 is 2.11 bits per heavy atom. The summed E-state index contributed by atoms with van der Waals surface area (Å²) in [4.78, 5) is 2.42. The second-order valence-electron chi connectivity index (χ2n) is 5.83. The van der Waals surface area contributed by atoms with Gasteiger partial charge in [-0.3, -0.25) is 0 Å². The van der Waals surface area contributed by atoms with Gasteiger partial charge in [-0.15, -0.1) is 0 Å². The van der Waals surface area contributed by atoms with Gasteiger partial charge < -0.3 is 10.2 Å². The van der Waals surface area contributed by atoms with Gasteiger partial charge in [-0.25, -0.2) is 0 Å². The molecule has 0 aromatic heterocycles. The Kier molecular flexibility index (Phi) is 3.73. The molecule has 1 aromatic rings. The van der Waals surface area contributed by atoms with Crippen molar-refractivity contribution < 1.29 is 0 Å². The third-order valence-electron chi connectivity index (χ3n) is 4.32. The monoisotopic (exact) mass is 308 g/mol. The number of rotatable bonds is 3. The summed E-state index contributed by atoms with van der Waals surface area (Å²) in [5.41, 5.74) is 1.49. The molecule has 2 nitrogen and oxygen atoms in total. The van der Waals surface area contributed by atoms with Gasteiger partial charge in [-0.05, 0) is 56.5 Å². The molecule has 1 aliphatic heterocycles. The zero-order chi connectivity index (χ0) is 12.5. The third kappa shape index (κ3) is 2.79. The number of hydrogen-bond donors (Lipinski definition) is 1. The molecule has 0 radical (unpaired) electrons. The topological polar surface area (TPSA) is 15.3 Å². The third-order valence-corrected chi connectivity index (χ3v) is 4.81. The molecule has 1 heterocycles. The molecule has 2 aliphatic rings. The maximum atomic E-state index is 3.81. The fraction of sp³-hybridized carbons (Fsp3) is 0.600. The van der Waals surface area contributed by atoms with E-state index in [9.17, 15) is 0 Å². The van der Waals surface area contributed by atoms with Crippen LogP contribution in [-0.4, -0.2) is 37.1 Å². The quantitative estimate of drug-likeness (QED) is 0.923. The number of nitrogens with one attached hydrogen (secondary N) is 1. The summed E-state index contributed by atoms with van der Waals surface area (Å²) >= 11 is 3.56. The SMILES string of the molecule is CN1CCC(NC2CC(c3cccc(Br)c3)C2)C1. The lowest BCUT2D eigenvalue weighted by molar-refractivity contribution is 0.263. The molecule has 1 unspecified atom stereocenters. The smallest absolute Gasteiger partial charge is 0.0209 e. The Morgan fingerprint density at radius 1 is 1.28 bits per heavy atom. The molecule has 98 valence electrons. The van der Waals surface area contributed by atoms with Gasteiger partial charge in [0.1, 0.15) is 0 Å². The summed E-state index contributed by atoms with van der Waals surface area (Å²) in [7, 11) is 2.22. The predicted molar refractivity (Wildman–Crippen MR) is 78.9 cm³/mol. The van der Waals surface area contributed by atoms with E-state index in [0.29, 0.717) is 0 Å². The molecule has 0 amide bonds. The van der Waals surface area contributed by atoms with Gasteiger partial charge in [0.15, 0.2) is 0 Å². The Hall–Kier alpha value is -0.380. The van der Waals surface area contributed by atoms with Gasteiger partial charge in [-0.2, -0.15) is 0 Å². The lowest BCUT2D eigenvalue weighted by atomic mass is 9.75. The molecule has 0 bridgehead atoms. The van der Waals surface area contributed by atoms with Crippen molar-refractivity contribution in [2.45, 2.75) is 37.3 Å². The molecule has 0 spiro atoms. The van der Waals surface area contributed by atoms with E-state index in [1.165, 1.54) is 42.4 Å². The normalized spacial score (nSPS) is 32.4. The van der Waals surface area contributed by atoms with E-state index >= 15 is 0 Å². The van der Waals surface area contributed by atoms with Crippen molar-refractivity contribution in [1.29, 1.82) is 0 Å². The standard InChI is InChI=1S/C15H21BrN2/c1-18-6-5-14(10-18)17-15-8-12(9-15)11-3-2-4-13(16)7-11/h2-4,7,12,14-15,17H,5-6,8-10H2,1H3. The molecule has 2 fully saturated rings. The molecular formula is C15H21BrN2. The predicted octanol–water partition coefficient (Wildman–Crippen LogP) is 2.99. The van der Waals surface area contributed by atoms with Crippen LogP contribution in [0.1, 0.15) is 30.7 Å². The van der Waals surface area contributed by atoms with Crippen LogP contribution in [0.15, 0.2) is 28.7 Å². The minimum Gasteiger partial charge on any atom is -0.310 e. The minimum atomic E-state index is 0.725. The number of nitrogens with zero attached hydrogens (tertiary/aromatic N) is 1. The molecule has 1 saturated carbocycles. The van der Waals surface area contributed by atoms with Gasteiger partial charge >= 0.3 is 0 Å². The van der Waals surface area contributed by atoms with Crippen LogP contribution in [0.5, 0.6) is 0 Å². The van der Waals surface area contributed by atoms with Gasteiger partial charge in [0.2, 0.25) is 0 Å². The Balaban J connectivity index is 1.48. The van der Waals surface area contributed by atoms with E-state index in [0.717, 1.165) is 18.0 Å². The molecule has 1 atom stereocenters. The maximum absolute atomic E-state index is 3.81. The molecule has 1 aromatic carbocycles. The highest BCUT2D eigenvalue weighted by Crippen LogP contribution is 2.38. The van der Waals surface area contributed by atoms with Crippen LogP contribution in [0.2, 0.25) is 0 Å². The van der Waals surface area contributed by atoms with E-state index in [-0.39, 0.29) is 0 Å². The van der Waals surface area contributed by atoms with Crippen molar-refractivity contribution in [2.24, 2.45) is 0 Å². The summed E-state index contributed by atoms with van der Waals surface area (Å²) in [6.07, 6.45) is 3.92. The number of hydrogen-bond acceptors (Lipinski definition) is 2. The van der Waals surface area contributed by atoms with Gasteiger partial charge in [0.05, 0.1) is 0 Å². The largest absolute Gasteiger partial charge is 0.310 e. The fourth-order valence-corrected chi connectivity index (χ4v) is 3.61. The van der Waals surface area contributed by atoms with Crippen LogP contribution < -0.4 is 5.32 Å². The first-order valence-corrected chi connectivity index (χ1v) is 7.70. The lowest BCUT2D eigenvalue weighted by Gasteiger charge is -2.38. The number of halogens is 1. The average Bonchev–Trinajstić information content (AvgIpc) is 2.69. The van der Waals surface area contributed by atoms with Crippen molar-refractivity contribution in [3.63, 3.8) is 0 Å². The summed E-state index contributed by atoms with van der Waals surface area (Å²) in [5, 5.41) is 3.81. The average molecular weight is 309 g/mol. The van der Waals surface area contributed by atoms with E-state index in [4.69, 9.17) is 0 Å². The van der Waals surface area contributed by atoms with E-state index in [1.54, 1.807) is 0 Å².